The first-order valence-electron chi connectivity index (χ1n) is 4.59. The molecule has 0 amide bonds. The van der Waals surface area contributed by atoms with Crippen LogP contribution in [0.3, 0.4) is 0 Å². The minimum atomic E-state index is 1.10. The van der Waals surface area contributed by atoms with E-state index in [1.807, 2.05) is 12.2 Å². The molecule has 0 heteroatoms. The zero-order chi connectivity index (χ0) is 9.68. The average molecular weight is 172 g/mol. The molecule has 0 nitrogen and oxygen atoms in total. The summed E-state index contributed by atoms with van der Waals surface area (Å²) in [6.07, 6.45) is 12.4. The highest BCUT2D eigenvalue weighted by Crippen LogP contribution is 2.22. The van der Waals surface area contributed by atoms with Crippen LogP contribution < -0.4 is 0 Å². The molecule has 0 bridgehead atoms. The molecule has 1 aliphatic rings. The fourth-order valence-electron chi connectivity index (χ4n) is 1.41. The number of hydrogen-bond donors (Lipinski definition) is 0. The molecule has 0 saturated carbocycles. The maximum absolute atomic E-state index is 4.02. The van der Waals surface area contributed by atoms with E-state index in [1.54, 1.807) is 6.08 Å². The van der Waals surface area contributed by atoms with Gasteiger partial charge in [-0.25, -0.2) is 0 Å². The van der Waals surface area contributed by atoms with E-state index in [4.69, 9.17) is 0 Å². The van der Waals surface area contributed by atoms with Crippen molar-refractivity contribution in [2.75, 3.05) is 0 Å². The quantitative estimate of drug-likeness (QED) is 0.565. The number of hydrogen-bond acceptors (Lipinski definition) is 0. The third kappa shape index (κ3) is 2.90. The standard InChI is InChI=1S/C13H16/c1-4-5-8-12(3)13-9-6-7-11(2)10-13/h4-5,7-8,10H,1,3,6,9H2,2H3/b8-5-. The lowest BCUT2D eigenvalue weighted by Crippen LogP contribution is -1.91. The van der Waals surface area contributed by atoms with Gasteiger partial charge < -0.3 is 0 Å². The molecule has 0 spiro atoms. The van der Waals surface area contributed by atoms with Crippen LogP contribution in [0.25, 0.3) is 0 Å². The van der Waals surface area contributed by atoms with Gasteiger partial charge in [0.1, 0.15) is 0 Å². The SMILES string of the molecule is C=C/C=C\C(=C)C1=CC(C)=CCC1. The van der Waals surface area contributed by atoms with Crippen LogP contribution in [0.15, 0.2) is 60.3 Å². The molecule has 0 aromatic rings. The van der Waals surface area contributed by atoms with Crippen LogP contribution in [0.2, 0.25) is 0 Å². The van der Waals surface area contributed by atoms with E-state index in [9.17, 15) is 0 Å². The van der Waals surface area contributed by atoms with Gasteiger partial charge in [0.2, 0.25) is 0 Å². The smallest absolute Gasteiger partial charge is 0.0238 e. The minimum Gasteiger partial charge on any atom is -0.0991 e. The Balaban J connectivity index is 2.72. The molecule has 1 rings (SSSR count). The van der Waals surface area contributed by atoms with E-state index in [1.165, 1.54) is 11.1 Å². The number of allylic oxidation sites excluding steroid dienone is 8. The summed E-state index contributed by atoms with van der Waals surface area (Å²) < 4.78 is 0. The van der Waals surface area contributed by atoms with Crippen LogP contribution in [0.4, 0.5) is 0 Å². The van der Waals surface area contributed by atoms with Crippen LogP contribution in [0.5, 0.6) is 0 Å². The van der Waals surface area contributed by atoms with Crippen molar-refractivity contribution in [1.82, 2.24) is 0 Å². The molecule has 0 aromatic carbocycles. The average Bonchev–Trinajstić information content (AvgIpc) is 2.14. The fraction of sp³-hybridized carbons (Fsp3) is 0.231. The Morgan fingerprint density at radius 3 is 2.92 bits per heavy atom. The molecule has 1 aliphatic carbocycles. The molecule has 0 unspecified atom stereocenters. The van der Waals surface area contributed by atoms with Gasteiger partial charge >= 0.3 is 0 Å². The van der Waals surface area contributed by atoms with Crippen molar-refractivity contribution >= 4 is 0 Å². The Kier molecular flexibility index (Phi) is 3.51. The molecule has 13 heavy (non-hydrogen) atoms. The van der Waals surface area contributed by atoms with E-state index in [0.717, 1.165) is 18.4 Å². The first-order valence-corrected chi connectivity index (χ1v) is 4.59. The van der Waals surface area contributed by atoms with Gasteiger partial charge in [-0.2, -0.15) is 0 Å². The summed E-state index contributed by atoms with van der Waals surface area (Å²) in [5, 5.41) is 0. The Hall–Kier alpha value is -1.30. The van der Waals surface area contributed by atoms with Gasteiger partial charge in [0.15, 0.2) is 0 Å². The second-order valence-electron chi connectivity index (χ2n) is 3.28. The van der Waals surface area contributed by atoms with Gasteiger partial charge in [-0.15, -0.1) is 0 Å². The van der Waals surface area contributed by atoms with Crippen LogP contribution in [0, 0.1) is 0 Å². The molecular formula is C13H16. The van der Waals surface area contributed by atoms with E-state index >= 15 is 0 Å². The summed E-state index contributed by atoms with van der Waals surface area (Å²) in [4.78, 5) is 0. The van der Waals surface area contributed by atoms with Crippen molar-refractivity contribution in [1.29, 1.82) is 0 Å². The maximum Gasteiger partial charge on any atom is -0.0238 e. The lowest BCUT2D eigenvalue weighted by atomic mass is 9.95. The Morgan fingerprint density at radius 2 is 2.31 bits per heavy atom. The predicted octanol–water partition coefficient (Wildman–Crippen LogP) is 3.95. The summed E-state index contributed by atoms with van der Waals surface area (Å²) in [6, 6.07) is 0. The van der Waals surface area contributed by atoms with E-state index < -0.39 is 0 Å². The second kappa shape index (κ2) is 4.66. The molecule has 68 valence electrons. The third-order valence-electron chi connectivity index (χ3n) is 2.13. The minimum absolute atomic E-state index is 1.10. The Labute approximate surface area is 80.7 Å². The van der Waals surface area contributed by atoms with Crippen molar-refractivity contribution < 1.29 is 0 Å². The zero-order valence-corrected chi connectivity index (χ0v) is 8.22. The Morgan fingerprint density at radius 1 is 1.54 bits per heavy atom. The molecule has 0 aromatic heterocycles. The van der Waals surface area contributed by atoms with Crippen molar-refractivity contribution in [3.05, 3.63) is 60.3 Å². The zero-order valence-electron chi connectivity index (χ0n) is 8.22. The first kappa shape index (κ1) is 9.79. The second-order valence-corrected chi connectivity index (χ2v) is 3.28. The monoisotopic (exact) mass is 172 g/mol. The molecule has 0 atom stereocenters. The van der Waals surface area contributed by atoms with Crippen molar-refractivity contribution in [2.45, 2.75) is 19.8 Å². The van der Waals surface area contributed by atoms with Gasteiger partial charge in [0, 0.05) is 0 Å². The third-order valence-corrected chi connectivity index (χ3v) is 2.13. The van der Waals surface area contributed by atoms with Crippen molar-refractivity contribution in [3.63, 3.8) is 0 Å². The summed E-state index contributed by atoms with van der Waals surface area (Å²) in [5.74, 6) is 0. The highest BCUT2D eigenvalue weighted by molar-refractivity contribution is 5.43. The topological polar surface area (TPSA) is 0 Å². The lowest BCUT2D eigenvalue weighted by Gasteiger charge is -2.11. The van der Waals surface area contributed by atoms with E-state index in [2.05, 4.69) is 32.2 Å². The van der Waals surface area contributed by atoms with Crippen molar-refractivity contribution in [3.8, 4) is 0 Å². The van der Waals surface area contributed by atoms with Gasteiger partial charge in [0.25, 0.3) is 0 Å². The highest BCUT2D eigenvalue weighted by Gasteiger charge is 2.03. The Bertz CT molecular complexity index is 298. The van der Waals surface area contributed by atoms with Gasteiger partial charge in [-0.3, -0.25) is 0 Å². The summed E-state index contributed by atoms with van der Waals surface area (Å²) in [7, 11) is 0. The van der Waals surface area contributed by atoms with Crippen LogP contribution in [-0.2, 0) is 0 Å². The molecule has 0 heterocycles. The summed E-state index contributed by atoms with van der Waals surface area (Å²) >= 11 is 0. The van der Waals surface area contributed by atoms with E-state index in [-0.39, 0.29) is 0 Å². The summed E-state index contributed by atoms with van der Waals surface area (Å²) in [5.41, 5.74) is 3.79. The van der Waals surface area contributed by atoms with Gasteiger partial charge in [-0.05, 0) is 30.9 Å². The normalized spacial score (nSPS) is 16.7. The molecule has 0 fully saturated rings. The molecular weight excluding hydrogens is 156 g/mol. The van der Waals surface area contributed by atoms with Crippen LogP contribution in [-0.4, -0.2) is 0 Å². The fourth-order valence-corrected chi connectivity index (χ4v) is 1.41. The largest absolute Gasteiger partial charge is 0.0991 e. The van der Waals surface area contributed by atoms with Gasteiger partial charge in [0.05, 0.1) is 0 Å². The molecule has 0 saturated heterocycles. The van der Waals surface area contributed by atoms with Gasteiger partial charge in [-0.1, -0.05) is 49.1 Å². The molecule has 0 aliphatic heterocycles. The predicted molar refractivity (Wildman–Crippen MR) is 59.6 cm³/mol. The van der Waals surface area contributed by atoms with Crippen LogP contribution >= 0.6 is 0 Å². The van der Waals surface area contributed by atoms with E-state index in [0.29, 0.717) is 0 Å². The van der Waals surface area contributed by atoms with Crippen molar-refractivity contribution in [2.24, 2.45) is 0 Å². The lowest BCUT2D eigenvalue weighted by molar-refractivity contribution is 0.962. The molecule has 0 N–H and O–H groups in total. The number of rotatable bonds is 3. The first-order chi connectivity index (χ1) is 6.24. The summed E-state index contributed by atoms with van der Waals surface area (Å²) in [6.45, 7) is 9.78. The highest BCUT2D eigenvalue weighted by atomic mass is 14.1. The maximum atomic E-state index is 4.02. The molecule has 0 radical (unpaired) electrons. The van der Waals surface area contributed by atoms with Crippen LogP contribution in [0.1, 0.15) is 19.8 Å².